The number of piperidine rings is 1. The first-order valence-corrected chi connectivity index (χ1v) is 10.4. The standard InChI is InChI=1S/C20H34N4O/c1-23-15-21-14-19(23)20-13-17(9-12-25-20)22-16-7-10-24(11-8-16)18-5-3-2-4-6-18/h14-18,20,22H,2-13H2,1H3/t17-,20+/m0/s1. The van der Waals surface area contributed by atoms with E-state index in [0.717, 1.165) is 25.5 Å². The van der Waals surface area contributed by atoms with E-state index in [0.29, 0.717) is 12.1 Å². The maximum Gasteiger partial charge on any atom is 0.100 e. The van der Waals surface area contributed by atoms with Crippen LogP contribution in [-0.4, -0.2) is 52.3 Å². The van der Waals surface area contributed by atoms with Crippen molar-refractivity contribution < 1.29 is 4.74 Å². The summed E-state index contributed by atoms with van der Waals surface area (Å²) < 4.78 is 8.10. The molecule has 3 fully saturated rings. The summed E-state index contributed by atoms with van der Waals surface area (Å²) >= 11 is 0. The van der Waals surface area contributed by atoms with Crippen LogP contribution in [0.4, 0.5) is 0 Å². The normalized spacial score (nSPS) is 30.6. The van der Waals surface area contributed by atoms with Crippen molar-refractivity contribution in [3.8, 4) is 0 Å². The van der Waals surface area contributed by atoms with Crippen LogP contribution in [0.5, 0.6) is 0 Å². The number of nitrogens with zero attached hydrogens (tertiary/aromatic N) is 3. The molecule has 0 radical (unpaired) electrons. The number of hydrogen-bond acceptors (Lipinski definition) is 4. The Kier molecular flexibility index (Phi) is 5.73. The second-order valence-electron chi connectivity index (χ2n) is 8.28. The number of aryl methyl sites for hydroxylation is 1. The summed E-state index contributed by atoms with van der Waals surface area (Å²) in [4.78, 5) is 7.02. The van der Waals surface area contributed by atoms with Crippen molar-refractivity contribution in [3.63, 3.8) is 0 Å². The zero-order valence-corrected chi connectivity index (χ0v) is 15.7. The van der Waals surface area contributed by atoms with Crippen molar-refractivity contribution in [2.75, 3.05) is 19.7 Å². The molecule has 0 bridgehead atoms. The third-order valence-electron chi connectivity index (χ3n) is 6.56. The number of imidazole rings is 1. The van der Waals surface area contributed by atoms with Crippen molar-refractivity contribution in [2.45, 2.75) is 82.0 Å². The molecule has 0 aromatic carbocycles. The summed E-state index contributed by atoms with van der Waals surface area (Å²) in [6.45, 7) is 3.43. The molecule has 25 heavy (non-hydrogen) atoms. The van der Waals surface area contributed by atoms with E-state index in [2.05, 4.69) is 26.8 Å². The Hall–Kier alpha value is -0.910. The second-order valence-corrected chi connectivity index (χ2v) is 8.28. The minimum atomic E-state index is 0.195. The predicted octanol–water partition coefficient (Wildman–Crippen LogP) is 3.03. The average molecular weight is 347 g/mol. The van der Waals surface area contributed by atoms with Crippen molar-refractivity contribution >= 4 is 0 Å². The van der Waals surface area contributed by atoms with Crippen molar-refractivity contribution in [1.29, 1.82) is 0 Å². The first-order chi connectivity index (χ1) is 12.3. The Morgan fingerprint density at radius 3 is 2.56 bits per heavy atom. The summed E-state index contributed by atoms with van der Waals surface area (Å²) in [5.74, 6) is 0. The highest BCUT2D eigenvalue weighted by molar-refractivity contribution is 5.04. The molecule has 5 nitrogen and oxygen atoms in total. The van der Waals surface area contributed by atoms with Gasteiger partial charge in [-0.25, -0.2) is 4.98 Å². The third kappa shape index (κ3) is 4.26. The van der Waals surface area contributed by atoms with E-state index in [-0.39, 0.29) is 6.10 Å². The Bertz CT molecular complexity index is 532. The van der Waals surface area contributed by atoms with Gasteiger partial charge in [0.2, 0.25) is 0 Å². The first-order valence-electron chi connectivity index (χ1n) is 10.4. The monoisotopic (exact) mass is 346 g/mol. The predicted molar refractivity (Wildman–Crippen MR) is 99.5 cm³/mol. The van der Waals surface area contributed by atoms with Crippen LogP contribution in [0.15, 0.2) is 12.5 Å². The van der Waals surface area contributed by atoms with Crippen LogP contribution in [0, 0.1) is 0 Å². The maximum atomic E-state index is 6.01. The molecule has 3 heterocycles. The molecule has 4 rings (SSSR count). The minimum Gasteiger partial charge on any atom is -0.372 e. The summed E-state index contributed by atoms with van der Waals surface area (Å²) in [5.41, 5.74) is 1.21. The number of hydrogen-bond donors (Lipinski definition) is 1. The highest BCUT2D eigenvalue weighted by Gasteiger charge is 2.30. The Balaban J connectivity index is 1.25. The van der Waals surface area contributed by atoms with Crippen LogP contribution >= 0.6 is 0 Å². The molecular formula is C20H34N4O. The van der Waals surface area contributed by atoms with Gasteiger partial charge >= 0.3 is 0 Å². The van der Waals surface area contributed by atoms with Gasteiger partial charge in [0.1, 0.15) is 6.10 Å². The van der Waals surface area contributed by atoms with Crippen molar-refractivity contribution in [3.05, 3.63) is 18.2 Å². The number of likely N-dealkylation sites (tertiary alicyclic amines) is 1. The zero-order valence-electron chi connectivity index (χ0n) is 15.7. The number of nitrogens with one attached hydrogen (secondary N) is 1. The molecular weight excluding hydrogens is 312 g/mol. The fraction of sp³-hybridized carbons (Fsp3) is 0.850. The summed E-state index contributed by atoms with van der Waals surface area (Å²) in [5, 5.41) is 3.96. The van der Waals surface area contributed by atoms with Gasteiger partial charge in [0.05, 0.1) is 18.2 Å². The van der Waals surface area contributed by atoms with Crippen molar-refractivity contribution in [1.82, 2.24) is 19.8 Å². The zero-order chi connectivity index (χ0) is 17.1. The topological polar surface area (TPSA) is 42.3 Å². The molecule has 2 saturated heterocycles. The lowest BCUT2D eigenvalue weighted by molar-refractivity contribution is -0.00777. The Morgan fingerprint density at radius 2 is 1.84 bits per heavy atom. The molecule has 5 heteroatoms. The maximum absolute atomic E-state index is 6.01. The van der Waals surface area contributed by atoms with Gasteiger partial charge in [-0.1, -0.05) is 19.3 Å². The van der Waals surface area contributed by atoms with E-state index < -0.39 is 0 Å². The van der Waals surface area contributed by atoms with Crippen LogP contribution in [0.25, 0.3) is 0 Å². The fourth-order valence-electron chi connectivity index (χ4n) is 5.04. The molecule has 0 unspecified atom stereocenters. The van der Waals surface area contributed by atoms with Crippen LogP contribution in [0.3, 0.4) is 0 Å². The lowest BCUT2D eigenvalue weighted by Gasteiger charge is -2.41. The summed E-state index contributed by atoms with van der Waals surface area (Å²) in [6, 6.07) is 2.15. The smallest absolute Gasteiger partial charge is 0.100 e. The highest BCUT2D eigenvalue weighted by Crippen LogP contribution is 2.29. The lowest BCUT2D eigenvalue weighted by Crippen LogP contribution is -2.50. The molecule has 0 spiro atoms. The van der Waals surface area contributed by atoms with Crippen LogP contribution in [0.2, 0.25) is 0 Å². The van der Waals surface area contributed by atoms with Gasteiger partial charge in [-0.2, -0.15) is 0 Å². The van der Waals surface area contributed by atoms with Crippen molar-refractivity contribution in [2.24, 2.45) is 7.05 Å². The quantitative estimate of drug-likeness (QED) is 0.910. The highest BCUT2D eigenvalue weighted by atomic mass is 16.5. The Labute approximate surface area is 152 Å². The fourth-order valence-corrected chi connectivity index (χ4v) is 5.04. The van der Waals surface area contributed by atoms with Gasteiger partial charge in [0, 0.05) is 31.8 Å². The Morgan fingerprint density at radius 1 is 1.04 bits per heavy atom. The average Bonchev–Trinajstić information content (AvgIpc) is 3.09. The molecule has 2 atom stereocenters. The van der Waals surface area contributed by atoms with Gasteiger partial charge < -0.3 is 19.5 Å². The van der Waals surface area contributed by atoms with E-state index in [1.807, 2.05) is 12.5 Å². The number of aromatic nitrogens is 2. The van der Waals surface area contributed by atoms with Gasteiger partial charge in [-0.05, 0) is 51.6 Å². The summed E-state index contributed by atoms with van der Waals surface area (Å²) in [6.07, 6.45) is 16.1. The van der Waals surface area contributed by atoms with Crippen LogP contribution in [0.1, 0.15) is 69.6 Å². The van der Waals surface area contributed by atoms with Gasteiger partial charge in [-0.3, -0.25) is 0 Å². The van der Waals surface area contributed by atoms with Gasteiger partial charge in [-0.15, -0.1) is 0 Å². The molecule has 2 aliphatic heterocycles. The minimum absolute atomic E-state index is 0.195. The molecule has 1 saturated carbocycles. The van der Waals surface area contributed by atoms with E-state index in [4.69, 9.17) is 4.74 Å². The number of rotatable bonds is 4. The van der Waals surface area contributed by atoms with Gasteiger partial charge in [0.15, 0.2) is 0 Å². The second kappa shape index (κ2) is 8.19. The van der Waals surface area contributed by atoms with E-state index in [9.17, 15) is 0 Å². The van der Waals surface area contributed by atoms with Gasteiger partial charge in [0.25, 0.3) is 0 Å². The molecule has 1 aromatic rings. The lowest BCUT2D eigenvalue weighted by atomic mass is 9.91. The van der Waals surface area contributed by atoms with E-state index in [1.165, 1.54) is 63.7 Å². The first kappa shape index (κ1) is 17.5. The van der Waals surface area contributed by atoms with E-state index >= 15 is 0 Å². The molecule has 3 aliphatic rings. The molecule has 140 valence electrons. The molecule has 1 aliphatic carbocycles. The van der Waals surface area contributed by atoms with Crippen LogP contribution < -0.4 is 5.32 Å². The molecule has 0 amide bonds. The molecule has 1 aromatic heterocycles. The third-order valence-corrected chi connectivity index (χ3v) is 6.56. The number of ether oxygens (including phenoxy) is 1. The summed E-state index contributed by atoms with van der Waals surface area (Å²) in [7, 11) is 2.06. The van der Waals surface area contributed by atoms with Crippen LogP contribution in [-0.2, 0) is 11.8 Å². The SMILES string of the molecule is Cn1cncc1[C@H]1C[C@@H](NC2CCN(C3CCCCC3)CC2)CCO1. The van der Waals surface area contributed by atoms with E-state index in [1.54, 1.807) is 0 Å². The largest absolute Gasteiger partial charge is 0.372 e. The molecule has 1 N–H and O–H groups in total.